The lowest BCUT2D eigenvalue weighted by atomic mass is 10.1. The molecule has 0 aromatic heterocycles. The van der Waals surface area contributed by atoms with Gasteiger partial charge in [0.05, 0.1) is 12.2 Å². The molecular weight excluding hydrogens is 375 g/mol. The van der Waals surface area contributed by atoms with Crippen molar-refractivity contribution in [2.45, 2.75) is 25.9 Å². The minimum Gasteiger partial charge on any atom is -0.494 e. The average molecular weight is 395 g/mol. The van der Waals surface area contributed by atoms with Crippen LogP contribution in [0.3, 0.4) is 0 Å². The van der Waals surface area contributed by atoms with E-state index in [1.165, 1.54) is 0 Å². The number of ether oxygens (including phenoxy) is 2. The SMILES string of the molecule is CCOc1ccccc1CCC(=O)OCC(=O)Nc1ccc(C(F)(F)F)cc1. The van der Waals surface area contributed by atoms with Crippen LogP contribution in [-0.2, 0) is 26.9 Å². The Morgan fingerprint density at radius 3 is 2.36 bits per heavy atom. The molecular formula is C20H20F3NO4. The van der Waals surface area contributed by atoms with Crippen molar-refractivity contribution in [2.24, 2.45) is 0 Å². The second-order valence-corrected chi connectivity index (χ2v) is 5.82. The van der Waals surface area contributed by atoms with Gasteiger partial charge >= 0.3 is 12.1 Å². The molecule has 0 aliphatic carbocycles. The number of alkyl halides is 3. The van der Waals surface area contributed by atoms with E-state index in [2.05, 4.69) is 5.32 Å². The average Bonchev–Trinajstić information content (AvgIpc) is 2.65. The number of halogens is 3. The fraction of sp³-hybridized carbons (Fsp3) is 0.300. The number of hydrogen-bond donors (Lipinski definition) is 1. The van der Waals surface area contributed by atoms with Crippen LogP contribution in [0.25, 0.3) is 0 Å². The predicted octanol–water partition coefficient (Wildman–Crippen LogP) is 4.22. The number of hydrogen-bond acceptors (Lipinski definition) is 4. The minimum absolute atomic E-state index is 0.0671. The third-order valence-corrected chi connectivity index (χ3v) is 3.73. The van der Waals surface area contributed by atoms with Gasteiger partial charge in [-0.15, -0.1) is 0 Å². The summed E-state index contributed by atoms with van der Waals surface area (Å²) < 4.78 is 47.9. The lowest BCUT2D eigenvalue weighted by Crippen LogP contribution is -2.21. The number of amides is 1. The topological polar surface area (TPSA) is 64.6 Å². The van der Waals surface area contributed by atoms with E-state index in [1.807, 2.05) is 31.2 Å². The van der Waals surface area contributed by atoms with Gasteiger partial charge < -0.3 is 14.8 Å². The van der Waals surface area contributed by atoms with Crippen LogP contribution in [0.2, 0.25) is 0 Å². The summed E-state index contributed by atoms with van der Waals surface area (Å²) in [4.78, 5) is 23.6. The zero-order valence-corrected chi connectivity index (χ0v) is 15.2. The maximum atomic E-state index is 12.5. The van der Waals surface area contributed by atoms with Crippen molar-refractivity contribution < 1.29 is 32.2 Å². The molecule has 0 unspecified atom stereocenters. The molecule has 0 saturated heterocycles. The van der Waals surface area contributed by atoms with Crippen LogP contribution >= 0.6 is 0 Å². The van der Waals surface area contributed by atoms with Crippen LogP contribution < -0.4 is 10.1 Å². The Morgan fingerprint density at radius 2 is 1.71 bits per heavy atom. The summed E-state index contributed by atoms with van der Waals surface area (Å²) >= 11 is 0. The van der Waals surface area contributed by atoms with Crippen molar-refractivity contribution in [3.8, 4) is 5.75 Å². The Morgan fingerprint density at radius 1 is 1.04 bits per heavy atom. The summed E-state index contributed by atoms with van der Waals surface area (Å²) in [5.74, 6) is -0.505. The fourth-order valence-electron chi connectivity index (χ4n) is 2.40. The van der Waals surface area contributed by atoms with Crippen molar-refractivity contribution in [3.05, 3.63) is 59.7 Å². The molecule has 2 aromatic carbocycles. The van der Waals surface area contributed by atoms with Crippen LogP contribution in [0.5, 0.6) is 5.75 Å². The van der Waals surface area contributed by atoms with Gasteiger partial charge in [0, 0.05) is 12.1 Å². The van der Waals surface area contributed by atoms with Crippen molar-refractivity contribution in [3.63, 3.8) is 0 Å². The monoisotopic (exact) mass is 395 g/mol. The van der Waals surface area contributed by atoms with Gasteiger partial charge in [-0.3, -0.25) is 9.59 Å². The van der Waals surface area contributed by atoms with Gasteiger partial charge in [0.15, 0.2) is 6.61 Å². The second kappa shape index (κ2) is 9.77. The Hall–Kier alpha value is -3.03. The highest BCUT2D eigenvalue weighted by Gasteiger charge is 2.30. The summed E-state index contributed by atoms with van der Waals surface area (Å²) in [6.45, 7) is 1.85. The molecule has 0 aliphatic rings. The van der Waals surface area contributed by atoms with E-state index in [9.17, 15) is 22.8 Å². The summed E-state index contributed by atoms with van der Waals surface area (Å²) in [5.41, 5.74) is 0.222. The van der Waals surface area contributed by atoms with Crippen molar-refractivity contribution in [2.75, 3.05) is 18.5 Å². The molecule has 0 radical (unpaired) electrons. The van der Waals surface area contributed by atoms with Crippen LogP contribution in [0, 0.1) is 0 Å². The van der Waals surface area contributed by atoms with E-state index in [0.717, 1.165) is 29.8 Å². The lowest BCUT2D eigenvalue weighted by Gasteiger charge is -2.10. The first-order valence-electron chi connectivity index (χ1n) is 8.63. The third-order valence-electron chi connectivity index (χ3n) is 3.73. The molecule has 8 heteroatoms. The van der Waals surface area contributed by atoms with Crippen molar-refractivity contribution in [1.29, 1.82) is 0 Å². The van der Waals surface area contributed by atoms with E-state index in [1.54, 1.807) is 0 Å². The molecule has 0 aliphatic heterocycles. The van der Waals surface area contributed by atoms with Gasteiger partial charge in [-0.2, -0.15) is 13.2 Å². The van der Waals surface area contributed by atoms with Gasteiger partial charge in [0.25, 0.3) is 5.91 Å². The zero-order chi connectivity index (χ0) is 20.6. The van der Waals surface area contributed by atoms with Crippen molar-refractivity contribution >= 4 is 17.6 Å². The highest BCUT2D eigenvalue weighted by atomic mass is 19.4. The van der Waals surface area contributed by atoms with Gasteiger partial charge in [0.1, 0.15) is 5.75 Å². The molecule has 28 heavy (non-hydrogen) atoms. The smallest absolute Gasteiger partial charge is 0.416 e. The Kier molecular flexibility index (Phi) is 7.43. The number of rotatable bonds is 8. The highest BCUT2D eigenvalue weighted by molar-refractivity contribution is 5.92. The standard InChI is InChI=1S/C20H20F3NO4/c1-2-27-17-6-4-3-5-14(17)7-12-19(26)28-13-18(25)24-16-10-8-15(9-11-16)20(21,22)23/h3-6,8-11H,2,7,12-13H2,1H3,(H,24,25). The number of para-hydroxylation sites is 1. The number of benzene rings is 2. The lowest BCUT2D eigenvalue weighted by molar-refractivity contribution is -0.147. The van der Waals surface area contributed by atoms with Crippen LogP contribution in [-0.4, -0.2) is 25.1 Å². The fourth-order valence-corrected chi connectivity index (χ4v) is 2.40. The number of anilines is 1. The Labute approximate surface area is 160 Å². The molecule has 1 amide bonds. The van der Waals surface area contributed by atoms with Gasteiger partial charge in [-0.05, 0) is 49.2 Å². The second-order valence-electron chi connectivity index (χ2n) is 5.82. The maximum Gasteiger partial charge on any atom is 0.416 e. The molecule has 2 rings (SSSR count). The molecule has 150 valence electrons. The maximum absolute atomic E-state index is 12.5. The van der Waals surface area contributed by atoms with Gasteiger partial charge in [0.2, 0.25) is 0 Å². The summed E-state index contributed by atoms with van der Waals surface area (Å²) in [7, 11) is 0. The van der Waals surface area contributed by atoms with E-state index in [0.29, 0.717) is 18.8 Å². The van der Waals surface area contributed by atoms with Gasteiger partial charge in [-0.1, -0.05) is 18.2 Å². The molecule has 0 fully saturated rings. The van der Waals surface area contributed by atoms with Gasteiger partial charge in [-0.25, -0.2) is 0 Å². The number of carbonyl (C=O) groups excluding carboxylic acids is 2. The number of aryl methyl sites for hydroxylation is 1. The quantitative estimate of drug-likeness (QED) is 0.680. The minimum atomic E-state index is -4.45. The molecule has 2 aromatic rings. The number of nitrogens with one attached hydrogen (secondary N) is 1. The third kappa shape index (κ3) is 6.61. The molecule has 5 nitrogen and oxygen atoms in total. The molecule has 0 spiro atoms. The molecule has 0 heterocycles. The summed E-state index contributed by atoms with van der Waals surface area (Å²) in [6.07, 6.45) is -3.98. The molecule has 1 N–H and O–H groups in total. The van der Waals surface area contributed by atoms with Crippen LogP contribution in [0.4, 0.5) is 18.9 Å². The summed E-state index contributed by atoms with van der Waals surface area (Å²) in [5, 5.41) is 2.37. The zero-order valence-electron chi connectivity index (χ0n) is 15.2. The molecule has 0 atom stereocenters. The normalized spacial score (nSPS) is 11.0. The van der Waals surface area contributed by atoms with E-state index >= 15 is 0 Å². The molecule has 0 saturated carbocycles. The first-order chi connectivity index (χ1) is 13.3. The van der Waals surface area contributed by atoms with Crippen LogP contribution in [0.15, 0.2) is 48.5 Å². The predicted molar refractivity (Wildman–Crippen MR) is 97.0 cm³/mol. The van der Waals surface area contributed by atoms with Crippen molar-refractivity contribution in [1.82, 2.24) is 0 Å². The number of carbonyl (C=O) groups is 2. The highest BCUT2D eigenvalue weighted by Crippen LogP contribution is 2.29. The Balaban J connectivity index is 1.77. The number of esters is 1. The van der Waals surface area contributed by atoms with E-state index in [-0.39, 0.29) is 12.1 Å². The van der Waals surface area contributed by atoms with E-state index < -0.39 is 30.2 Å². The Bertz CT molecular complexity index is 804. The van der Waals surface area contributed by atoms with Crippen LogP contribution in [0.1, 0.15) is 24.5 Å². The van der Waals surface area contributed by atoms with E-state index in [4.69, 9.17) is 9.47 Å². The first-order valence-corrected chi connectivity index (χ1v) is 8.63. The largest absolute Gasteiger partial charge is 0.494 e. The molecule has 0 bridgehead atoms. The first kappa shape index (κ1) is 21.3. The summed E-state index contributed by atoms with van der Waals surface area (Å²) in [6, 6.07) is 11.3.